The Kier molecular flexibility index (Phi) is 3.31. The molecule has 7 heteroatoms. The highest BCUT2D eigenvalue weighted by molar-refractivity contribution is 7.89. The van der Waals surface area contributed by atoms with Gasteiger partial charge in [-0.1, -0.05) is 37.5 Å². The van der Waals surface area contributed by atoms with Gasteiger partial charge in [0.05, 0.1) is 0 Å². The maximum absolute atomic E-state index is 11.7. The summed E-state index contributed by atoms with van der Waals surface area (Å²) in [4.78, 5) is 0. The standard InChI is InChI=1S/C13H16N4O2S/c14-20(18,19)13-16-15-12(9-10-5-4-6-10)17(13)11-7-2-1-3-8-11/h1-3,7-8,10H,4-6,9H2,(H2,14,18,19). The number of sulfonamides is 1. The minimum Gasteiger partial charge on any atom is -0.269 e. The van der Waals surface area contributed by atoms with Crippen molar-refractivity contribution >= 4 is 10.0 Å². The minimum atomic E-state index is -3.90. The van der Waals surface area contributed by atoms with Crippen molar-refractivity contribution in [3.8, 4) is 5.69 Å². The lowest BCUT2D eigenvalue weighted by atomic mass is 9.83. The molecule has 1 aliphatic rings. The molecule has 2 N–H and O–H groups in total. The van der Waals surface area contributed by atoms with Crippen LogP contribution >= 0.6 is 0 Å². The first-order valence-electron chi connectivity index (χ1n) is 6.58. The highest BCUT2D eigenvalue weighted by atomic mass is 32.2. The van der Waals surface area contributed by atoms with Crippen LogP contribution in [0.3, 0.4) is 0 Å². The summed E-state index contributed by atoms with van der Waals surface area (Å²) < 4.78 is 24.9. The van der Waals surface area contributed by atoms with Crippen LogP contribution in [-0.4, -0.2) is 23.2 Å². The quantitative estimate of drug-likeness (QED) is 0.918. The highest BCUT2D eigenvalue weighted by Gasteiger charge is 2.26. The van der Waals surface area contributed by atoms with Crippen LogP contribution in [0.1, 0.15) is 25.1 Å². The van der Waals surface area contributed by atoms with E-state index < -0.39 is 10.0 Å². The van der Waals surface area contributed by atoms with Crippen molar-refractivity contribution in [1.82, 2.24) is 14.8 Å². The summed E-state index contributed by atoms with van der Waals surface area (Å²) in [6, 6.07) is 9.20. The van der Waals surface area contributed by atoms with Gasteiger partial charge < -0.3 is 0 Å². The van der Waals surface area contributed by atoms with E-state index in [9.17, 15) is 8.42 Å². The topological polar surface area (TPSA) is 90.9 Å². The second-order valence-electron chi connectivity index (χ2n) is 5.12. The fourth-order valence-corrected chi connectivity index (χ4v) is 3.03. The van der Waals surface area contributed by atoms with Crippen molar-refractivity contribution in [1.29, 1.82) is 0 Å². The number of hydrogen-bond donors (Lipinski definition) is 1. The molecule has 20 heavy (non-hydrogen) atoms. The zero-order chi connectivity index (χ0) is 14.2. The van der Waals surface area contributed by atoms with Crippen LogP contribution in [0.15, 0.2) is 35.5 Å². The lowest BCUT2D eigenvalue weighted by Gasteiger charge is -2.24. The molecule has 0 atom stereocenters. The van der Waals surface area contributed by atoms with E-state index in [1.807, 2.05) is 30.3 Å². The van der Waals surface area contributed by atoms with E-state index in [0.29, 0.717) is 11.7 Å². The third-order valence-electron chi connectivity index (χ3n) is 3.67. The molecule has 1 fully saturated rings. The lowest BCUT2D eigenvalue weighted by Crippen LogP contribution is -2.20. The van der Waals surface area contributed by atoms with Crippen molar-refractivity contribution in [2.24, 2.45) is 11.1 Å². The Morgan fingerprint density at radius 1 is 1.20 bits per heavy atom. The lowest BCUT2D eigenvalue weighted by molar-refractivity contribution is 0.307. The Hall–Kier alpha value is -1.73. The van der Waals surface area contributed by atoms with Gasteiger partial charge in [0.15, 0.2) is 0 Å². The van der Waals surface area contributed by atoms with Crippen molar-refractivity contribution in [2.45, 2.75) is 30.8 Å². The smallest absolute Gasteiger partial charge is 0.269 e. The van der Waals surface area contributed by atoms with E-state index in [1.165, 1.54) is 6.42 Å². The second kappa shape index (κ2) is 4.99. The van der Waals surface area contributed by atoms with Gasteiger partial charge in [-0.3, -0.25) is 4.57 Å². The zero-order valence-electron chi connectivity index (χ0n) is 10.9. The summed E-state index contributed by atoms with van der Waals surface area (Å²) in [5.41, 5.74) is 0.718. The molecule has 0 aliphatic heterocycles. The maximum Gasteiger partial charge on any atom is 0.274 e. The number of nitrogens with zero attached hydrogens (tertiary/aromatic N) is 3. The van der Waals surface area contributed by atoms with Crippen LogP contribution in [0, 0.1) is 5.92 Å². The van der Waals surface area contributed by atoms with Crippen molar-refractivity contribution in [3.63, 3.8) is 0 Å². The first kappa shape index (κ1) is 13.3. The van der Waals surface area contributed by atoms with Crippen LogP contribution in [0.2, 0.25) is 0 Å². The predicted molar refractivity (Wildman–Crippen MR) is 73.8 cm³/mol. The van der Waals surface area contributed by atoms with E-state index in [4.69, 9.17) is 5.14 Å². The Bertz CT molecular complexity index is 705. The molecular weight excluding hydrogens is 276 g/mol. The predicted octanol–water partition coefficient (Wildman–Crippen LogP) is 1.26. The molecule has 2 aromatic rings. The van der Waals surface area contributed by atoms with E-state index in [-0.39, 0.29) is 5.16 Å². The fourth-order valence-electron chi connectivity index (χ4n) is 2.41. The molecule has 3 rings (SSSR count). The molecule has 106 valence electrons. The molecule has 0 radical (unpaired) electrons. The van der Waals surface area contributed by atoms with Crippen LogP contribution in [-0.2, 0) is 16.4 Å². The molecule has 1 heterocycles. The molecule has 0 saturated heterocycles. The summed E-state index contributed by atoms with van der Waals surface area (Å²) in [5, 5.41) is 12.8. The fraction of sp³-hybridized carbons (Fsp3) is 0.385. The summed E-state index contributed by atoms with van der Waals surface area (Å²) in [5.74, 6) is 1.22. The molecule has 1 saturated carbocycles. The normalized spacial score (nSPS) is 16.1. The molecule has 0 spiro atoms. The van der Waals surface area contributed by atoms with Gasteiger partial charge in [0.1, 0.15) is 5.82 Å². The molecule has 1 aromatic heterocycles. The van der Waals surface area contributed by atoms with Gasteiger partial charge >= 0.3 is 0 Å². The molecular formula is C13H16N4O2S. The van der Waals surface area contributed by atoms with Gasteiger partial charge in [0, 0.05) is 12.1 Å². The van der Waals surface area contributed by atoms with Crippen LogP contribution in [0.25, 0.3) is 5.69 Å². The number of nitrogens with two attached hydrogens (primary N) is 1. The SMILES string of the molecule is NS(=O)(=O)c1nnc(CC2CCC2)n1-c1ccccc1. The Morgan fingerprint density at radius 3 is 2.45 bits per heavy atom. The number of primary sulfonamides is 1. The summed E-state index contributed by atoms with van der Waals surface area (Å²) in [6.45, 7) is 0. The zero-order valence-corrected chi connectivity index (χ0v) is 11.8. The van der Waals surface area contributed by atoms with E-state index in [2.05, 4.69) is 10.2 Å². The van der Waals surface area contributed by atoms with Gasteiger partial charge in [0.25, 0.3) is 15.2 Å². The van der Waals surface area contributed by atoms with E-state index in [1.54, 1.807) is 4.57 Å². The van der Waals surface area contributed by atoms with Crippen LogP contribution in [0.5, 0.6) is 0 Å². The summed E-state index contributed by atoms with van der Waals surface area (Å²) in [6.07, 6.45) is 4.28. The highest BCUT2D eigenvalue weighted by Crippen LogP contribution is 2.30. The van der Waals surface area contributed by atoms with E-state index >= 15 is 0 Å². The number of aromatic nitrogens is 3. The monoisotopic (exact) mass is 292 g/mol. The molecule has 1 aromatic carbocycles. The van der Waals surface area contributed by atoms with Crippen molar-refractivity contribution in [2.75, 3.05) is 0 Å². The van der Waals surface area contributed by atoms with Crippen LogP contribution < -0.4 is 5.14 Å². The number of benzene rings is 1. The maximum atomic E-state index is 11.7. The number of para-hydroxylation sites is 1. The molecule has 0 amide bonds. The Labute approximate surface area is 117 Å². The van der Waals surface area contributed by atoms with Gasteiger partial charge in [-0.15, -0.1) is 10.2 Å². The number of hydrogen-bond acceptors (Lipinski definition) is 4. The van der Waals surface area contributed by atoms with Crippen molar-refractivity contribution in [3.05, 3.63) is 36.2 Å². The van der Waals surface area contributed by atoms with Gasteiger partial charge in [-0.25, -0.2) is 13.6 Å². The summed E-state index contributed by atoms with van der Waals surface area (Å²) >= 11 is 0. The Balaban J connectivity index is 2.09. The van der Waals surface area contributed by atoms with Gasteiger partial charge in [0.2, 0.25) is 0 Å². The Morgan fingerprint density at radius 2 is 1.90 bits per heavy atom. The molecule has 0 unspecified atom stereocenters. The minimum absolute atomic E-state index is 0.196. The second-order valence-corrected chi connectivity index (χ2v) is 6.57. The van der Waals surface area contributed by atoms with Gasteiger partial charge in [-0.05, 0) is 18.1 Å². The molecule has 1 aliphatic carbocycles. The third-order valence-corrected chi connectivity index (χ3v) is 4.44. The first-order valence-corrected chi connectivity index (χ1v) is 8.13. The first-order chi connectivity index (χ1) is 9.55. The molecule has 6 nitrogen and oxygen atoms in total. The van der Waals surface area contributed by atoms with Crippen LogP contribution in [0.4, 0.5) is 0 Å². The third kappa shape index (κ3) is 2.46. The summed E-state index contributed by atoms with van der Waals surface area (Å²) in [7, 11) is -3.90. The van der Waals surface area contributed by atoms with Crippen molar-refractivity contribution < 1.29 is 8.42 Å². The van der Waals surface area contributed by atoms with E-state index in [0.717, 1.165) is 24.9 Å². The average molecular weight is 292 g/mol. The number of rotatable bonds is 4. The largest absolute Gasteiger partial charge is 0.274 e. The average Bonchev–Trinajstić information content (AvgIpc) is 2.78. The van der Waals surface area contributed by atoms with Gasteiger partial charge in [-0.2, -0.15) is 0 Å². The molecule has 0 bridgehead atoms.